The predicted octanol–water partition coefficient (Wildman–Crippen LogP) is 6.26. The van der Waals surface area contributed by atoms with Crippen molar-refractivity contribution in [1.29, 1.82) is 5.26 Å². The number of para-hydroxylation sites is 1. The van der Waals surface area contributed by atoms with E-state index in [9.17, 15) is 14.9 Å². The van der Waals surface area contributed by atoms with Crippen LogP contribution in [0.25, 0.3) is 10.8 Å². The van der Waals surface area contributed by atoms with Gasteiger partial charge in [0.1, 0.15) is 16.8 Å². The van der Waals surface area contributed by atoms with Crippen molar-refractivity contribution < 1.29 is 14.3 Å². The van der Waals surface area contributed by atoms with Crippen molar-refractivity contribution >= 4 is 38.8 Å². The number of nitrogens with zero attached hydrogens (tertiary/aromatic N) is 1. The molecule has 1 heterocycles. The Hall–Kier alpha value is -3.95. The zero-order chi connectivity index (χ0) is 24.6. The van der Waals surface area contributed by atoms with Gasteiger partial charge in [-0.25, -0.2) is 0 Å². The molecule has 0 spiro atoms. The van der Waals surface area contributed by atoms with E-state index in [2.05, 4.69) is 17.5 Å². The van der Waals surface area contributed by atoms with E-state index < -0.39 is 0 Å². The van der Waals surface area contributed by atoms with Crippen LogP contribution >= 0.6 is 11.3 Å². The lowest BCUT2D eigenvalue weighted by Gasteiger charge is -2.12. The van der Waals surface area contributed by atoms with E-state index in [-0.39, 0.29) is 18.3 Å². The summed E-state index contributed by atoms with van der Waals surface area (Å²) in [5.41, 5.74) is 5.19. The van der Waals surface area contributed by atoms with E-state index in [1.165, 1.54) is 32.7 Å². The normalized spacial score (nSPS) is 13.8. The highest BCUT2D eigenvalue weighted by molar-refractivity contribution is 7.16. The summed E-state index contributed by atoms with van der Waals surface area (Å²) in [4.78, 5) is 27.6. The summed E-state index contributed by atoms with van der Waals surface area (Å²) in [6.07, 6.45) is 6.01. The van der Waals surface area contributed by atoms with Crippen molar-refractivity contribution in [3.63, 3.8) is 0 Å². The standard InChI is InChI=1S/C30H24N2O3S/c31-16-24-21-7-2-4-11-27(21)36-30(24)32-29(34)23-8-1-3-10-26(23)35-17-25(33)20-15-14-19-13-12-18-6-5-9-22(20)28(18)19/h1,3,5-6,8-10,14-15H,2,4,7,11-13,17H2,(H,32,34). The van der Waals surface area contributed by atoms with Crippen molar-refractivity contribution in [2.75, 3.05) is 11.9 Å². The number of thiophene rings is 1. The highest BCUT2D eigenvalue weighted by Crippen LogP contribution is 2.38. The van der Waals surface area contributed by atoms with Crippen LogP contribution in [-0.4, -0.2) is 18.3 Å². The molecule has 0 atom stereocenters. The fraction of sp³-hybridized carbons (Fsp3) is 0.233. The molecular formula is C30H24N2O3S. The maximum Gasteiger partial charge on any atom is 0.260 e. The molecule has 0 unspecified atom stereocenters. The Bertz CT molecular complexity index is 1570. The molecule has 1 amide bonds. The number of benzene rings is 3. The number of fused-ring (bicyclic) bond motifs is 1. The minimum atomic E-state index is -0.349. The Kier molecular flexibility index (Phi) is 5.79. The van der Waals surface area contributed by atoms with Crippen molar-refractivity contribution in [2.45, 2.75) is 38.5 Å². The number of aryl methyl sites for hydroxylation is 3. The fourth-order valence-electron chi connectivity index (χ4n) is 5.43. The lowest BCUT2D eigenvalue weighted by Crippen LogP contribution is -2.17. The number of amides is 1. The second kappa shape index (κ2) is 9.25. The number of anilines is 1. The second-order valence-electron chi connectivity index (χ2n) is 9.30. The van der Waals surface area contributed by atoms with Gasteiger partial charge in [0.2, 0.25) is 5.78 Å². The third-order valence-corrected chi connectivity index (χ3v) is 8.39. The topological polar surface area (TPSA) is 79.2 Å². The average Bonchev–Trinajstić information content (AvgIpc) is 3.49. The Morgan fingerprint density at radius 3 is 2.58 bits per heavy atom. The second-order valence-corrected chi connectivity index (χ2v) is 10.4. The third kappa shape index (κ3) is 3.86. The minimum Gasteiger partial charge on any atom is -0.485 e. The largest absolute Gasteiger partial charge is 0.485 e. The lowest BCUT2D eigenvalue weighted by atomic mass is 9.96. The van der Waals surface area contributed by atoms with Crippen LogP contribution in [0.5, 0.6) is 5.75 Å². The number of ketones is 1. The molecule has 4 aromatic rings. The molecule has 0 saturated heterocycles. The van der Waals surface area contributed by atoms with Crippen LogP contribution in [0.3, 0.4) is 0 Å². The monoisotopic (exact) mass is 492 g/mol. The van der Waals surface area contributed by atoms with Crippen LogP contribution in [0, 0.1) is 11.3 Å². The number of Topliss-reactive ketones (excluding diaryl/α,β-unsaturated/α-hetero) is 1. The number of hydrogen-bond acceptors (Lipinski definition) is 5. The van der Waals surface area contributed by atoms with E-state index in [1.807, 2.05) is 24.3 Å². The quantitative estimate of drug-likeness (QED) is 0.322. The van der Waals surface area contributed by atoms with E-state index in [1.54, 1.807) is 24.3 Å². The lowest BCUT2D eigenvalue weighted by molar-refractivity contribution is 0.0916. The summed E-state index contributed by atoms with van der Waals surface area (Å²) in [7, 11) is 0. The van der Waals surface area contributed by atoms with E-state index in [4.69, 9.17) is 4.74 Å². The first kappa shape index (κ1) is 22.5. The number of ether oxygens (including phenoxy) is 1. The summed E-state index contributed by atoms with van der Waals surface area (Å²) >= 11 is 1.49. The molecule has 0 saturated carbocycles. The van der Waals surface area contributed by atoms with Crippen molar-refractivity contribution in [2.24, 2.45) is 0 Å². The average molecular weight is 493 g/mol. The molecule has 2 aliphatic rings. The van der Waals surface area contributed by atoms with Crippen LogP contribution in [0.2, 0.25) is 0 Å². The molecule has 5 nitrogen and oxygen atoms in total. The maximum atomic E-state index is 13.2. The van der Waals surface area contributed by atoms with Crippen LogP contribution in [0.15, 0.2) is 54.6 Å². The van der Waals surface area contributed by atoms with Crippen molar-refractivity contribution in [3.05, 3.63) is 92.9 Å². The van der Waals surface area contributed by atoms with Crippen molar-refractivity contribution in [1.82, 2.24) is 0 Å². The number of carbonyl (C=O) groups excluding carboxylic acids is 2. The molecule has 0 radical (unpaired) electrons. The molecule has 36 heavy (non-hydrogen) atoms. The van der Waals surface area contributed by atoms with E-state index >= 15 is 0 Å². The highest BCUT2D eigenvalue weighted by atomic mass is 32.1. The molecular weight excluding hydrogens is 468 g/mol. The van der Waals surface area contributed by atoms with Gasteiger partial charge < -0.3 is 10.1 Å². The molecule has 0 bridgehead atoms. The van der Waals surface area contributed by atoms with Gasteiger partial charge in [-0.3, -0.25) is 9.59 Å². The van der Waals surface area contributed by atoms with Crippen molar-refractivity contribution in [3.8, 4) is 11.8 Å². The van der Waals surface area contributed by atoms with Gasteiger partial charge in [-0.15, -0.1) is 11.3 Å². The molecule has 2 aliphatic carbocycles. The molecule has 6 heteroatoms. The van der Waals surface area contributed by atoms with Crippen LogP contribution < -0.4 is 10.1 Å². The van der Waals surface area contributed by atoms with Gasteiger partial charge in [-0.1, -0.05) is 42.5 Å². The summed E-state index contributed by atoms with van der Waals surface area (Å²) in [6, 6.07) is 19.2. The zero-order valence-corrected chi connectivity index (χ0v) is 20.5. The summed E-state index contributed by atoms with van der Waals surface area (Å²) < 4.78 is 5.90. The Morgan fingerprint density at radius 2 is 1.72 bits per heavy atom. The third-order valence-electron chi connectivity index (χ3n) is 7.18. The summed E-state index contributed by atoms with van der Waals surface area (Å²) in [5, 5.41) is 15.4. The van der Waals surface area contributed by atoms with Crippen LogP contribution in [-0.2, 0) is 25.7 Å². The van der Waals surface area contributed by atoms with Crippen LogP contribution in [0.1, 0.15) is 60.7 Å². The maximum absolute atomic E-state index is 13.2. The first-order valence-electron chi connectivity index (χ1n) is 12.3. The van der Waals surface area contributed by atoms with Gasteiger partial charge in [-0.05, 0) is 78.1 Å². The fourth-order valence-corrected chi connectivity index (χ4v) is 6.67. The zero-order valence-electron chi connectivity index (χ0n) is 19.7. The Balaban J connectivity index is 1.22. The van der Waals surface area contributed by atoms with E-state index in [0.717, 1.165) is 49.5 Å². The molecule has 0 fully saturated rings. The SMILES string of the molecule is N#Cc1c(NC(=O)c2ccccc2OCC(=O)c2ccc3c4c(cccc24)CC3)sc2c1CCCC2. The molecule has 3 aromatic carbocycles. The summed E-state index contributed by atoms with van der Waals surface area (Å²) in [6.45, 7) is -0.167. The smallest absolute Gasteiger partial charge is 0.260 e. The van der Waals surface area contributed by atoms with E-state index in [0.29, 0.717) is 27.4 Å². The first-order valence-corrected chi connectivity index (χ1v) is 13.1. The Morgan fingerprint density at radius 1 is 0.917 bits per heavy atom. The number of rotatable bonds is 6. The number of nitrogens with one attached hydrogen (secondary N) is 1. The predicted molar refractivity (Wildman–Crippen MR) is 141 cm³/mol. The van der Waals surface area contributed by atoms with Gasteiger partial charge in [0, 0.05) is 10.4 Å². The van der Waals surface area contributed by atoms with Gasteiger partial charge in [-0.2, -0.15) is 5.26 Å². The molecule has 178 valence electrons. The number of carbonyl (C=O) groups is 2. The van der Waals surface area contributed by atoms with Gasteiger partial charge in [0.25, 0.3) is 5.91 Å². The number of nitriles is 1. The summed E-state index contributed by atoms with van der Waals surface area (Å²) in [5.74, 6) is -0.133. The first-order chi connectivity index (χ1) is 17.6. The molecule has 1 N–H and O–H groups in total. The van der Waals surface area contributed by atoms with Gasteiger partial charge >= 0.3 is 0 Å². The molecule has 6 rings (SSSR count). The number of hydrogen-bond donors (Lipinski definition) is 1. The highest BCUT2D eigenvalue weighted by Gasteiger charge is 2.24. The molecule has 0 aliphatic heterocycles. The van der Waals surface area contributed by atoms with Gasteiger partial charge in [0.05, 0.1) is 11.1 Å². The molecule has 1 aromatic heterocycles. The minimum absolute atomic E-state index is 0.126. The van der Waals surface area contributed by atoms with Gasteiger partial charge in [0.15, 0.2) is 6.61 Å². The Labute approximate surface area is 213 Å². The van der Waals surface area contributed by atoms with Crippen LogP contribution in [0.4, 0.5) is 5.00 Å².